The minimum Gasteiger partial charge on any atom is -0.422 e. The van der Waals surface area contributed by atoms with Crippen molar-refractivity contribution in [3.8, 4) is 11.8 Å². The van der Waals surface area contributed by atoms with E-state index in [4.69, 9.17) is 22.1 Å². The SMILES string of the molecule is Cc1cc(C(C)C)nc(Oc2ccc(Cl)cc2N)n1. The number of ether oxygens (including phenoxy) is 1. The normalized spacial score (nSPS) is 10.8. The molecule has 0 aliphatic heterocycles. The van der Waals surface area contributed by atoms with Crippen molar-refractivity contribution in [3.05, 3.63) is 40.7 Å². The van der Waals surface area contributed by atoms with Gasteiger partial charge in [0.05, 0.1) is 11.4 Å². The molecule has 2 rings (SSSR count). The molecule has 2 aromatic rings. The van der Waals surface area contributed by atoms with Gasteiger partial charge < -0.3 is 10.5 Å². The molecule has 0 bridgehead atoms. The molecule has 0 fully saturated rings. The molecule has 1 aromatic heterocycles. The Morgan fingerprint density at radius 2 is 1.95 bits per heavy atom. The molecule has 1 aromatic carbocycles. The molecule has 4 nitrogen and oxygen atoms in total. The standard InChI is InChI=1S/C14H16ClN3O/c1-8(2)12-6-9(3)17-14(18-12)19-13-5-4-10(15)7-11(13)16/h4-8H,16H2,1-3H3. The molecule has 0 radical (unpaired) electrons. The first-order valence-electron chi connectivity index (χ1n) is 6.04. The van der Waals surface area contributed by atoms with E-state index in [1.54, 1.807) is 18.2 Å². The van der Waals surface area contributed by atoms with Gasteiger partial charge in [0.15, 0.2) is 5.75 Å². The smallest absolute Gasteiger partial charge is 0.322 e. The highest BCUT2D eigenvalue weighted by Crippen LogP contribution is 2.28. The van der Waals surface area contributed by atoms with Gasteiger partial charge in [-0.15, -0.1) is 0 Å². The molecule has 0 aliphatic rings. The van der Waals surface area contributed by atoms with Crippen LogP contribution in [0.15, 0.2) is 24.3 Å². The van der Waals surface area contributed by atoms with Gasteiger partial charge in [-0.2, -0.15) is 4.98 Å². The van der Waals surface area contributed by atoms with Gasteiger partial charge in [-0.05, 0) is 37.1 Å². The van der Waals surface area contributed by atoms with Gasteiger partial charge in [0.1, 0.15) is 0 Å². The van der Waals surface area contributed by atoms with Crippen molar-refractivity contribution < 1.29 is 4.74 Å². The van der Waals surface area contributed by atoms with Crippen LogP contribution in [-0.4, -0.2) is 9.97 Å². The average molecular weight is 278 g/mol. The Morgan fingerprint density at radius 1 is 1.21 bits per heavy atom. The highest BCUT2D eigenvalue weighted by Gasteiger charge is 2.09. The topological polar surface area (TPSA) is 61.0 Å². The van der Waals surface area contributed by atoms with Gasteiger partial charge in [0, 0.05) is 10.7 Å². The van der Waals surface area contributed by atoms with E-state index in [0.29, 0.717) is 28.4 Å². The number of hydrogen-bond donors (Lipinski definition) is 1. The van der Waals surface area contributed by atoms with Crippen LogP contribution in [0.1, 0.15) is 31.2 Å². The van der Waals surface area contributed by atoms with Gasteiger partial charge in [0.2, 0.25) is 0 Å². The van der Waals surface area contributed by atoms with E-state index in [9.17, 15) is 0 Å². The summed E-state index contributed by atoms with van der Waals surface area (Å²) in [6.07, 6.45) is 0. The summed E-state index contributed by atoms with van der Waals surface area (Å²) in [6.45, 7) is 6.05. The maximum atomic E-state index is 5.85. The second-order valence-electron chi connectivity index (χ2n) is 4.66. The Morgan fingerprint density at radius 3 is 2.58 bits per heavy atom. The van der Waals surface area contributed by atoms with Crippen LogP contribution in [-0.2, 0) is 0 Å². The van der Waals surface area contributed by atoms with Gasteiger partial charge in [-0.3, -0.25) is 0 Å². The molecule has 19 heavy (non-hydrogen) atoms. The maximum Gasteiger partial charge on any atom is 0.322 e. The summed E-state index contributed by atoms with van der Waals surface area (Å²) in [4.78, 5) is 8.62. The molecular weight excluding hydrogens is 262 g/mol. The number of nitrogens with zero attached hydrogens (tertiary/aromatic N) is 2. The molecule has 1 heterocycles. The number of halogens is 1. The fourth-order valence-corrected chi connectivity index (χ4v) is 1.80. The van der Waals surface area contributed by atoms with Crippen LogP contribution in [0.5, 0.6) is 11.8 Å². The molecule has 0 saturated carbocycles. The quantitative estimate of drug-likeness (QED) is 0.863. The van der Waals surface area contributed by atoms with Gasteiger partial charge in [0.25, 0.3) is 0 Å². The second-order valence-corrected chi connectivity index (χ2v) is 5.09. The summed E-state index contributed by atoms with van der Waals surface area (Å²) in [5.74, 6) is 0.816. The van der Waals surface area contributed by atoms with Crippen LogP contribution >= 0.6 is 11.6 Å². The highest BCUT2D eigenvalue weighted by atomic mass is 35.5. The Bertz CT molecular complexity index is 599. The Balaban J connectivity index is 2.32. The molecule has 0 spiro atoms. The van der Waals surface area contributed by atoms with Gasteiger partial charge in [-0.1, -0.05) is 25.4 Å². The minimum atomic E-state index is 0.303. The molecule has 0 saturated heterocycles. The summed E-state index contributed by atoms with van der Waals surface area (Å²) < 4.78 is 5.63. The lowest BCUT2D eigenvalue weighted by molar-refractivity contribution is 0.438. The van der Waals surface area contributed by atoms with Crippen LogP contribution < -0.4 is 10.5 Å². The number of aryl methyl sites for hydroxylation is 1. The zero-order valence-electron chi connectivity index (χ0n) is 11.1. The van der Waals surface area contributed by atoms with Crippen molar-refractivity contribution in [2.24, 2.45) is 0 Å². The van der Waals surface area contributed by atoms with Gasteiger partial charge in [-0.25, -0.2) is 4.98 Å². The van der Waals surface area contributed by atoms with E-state index in [1.807, 2.05) is 13.0 Å². The van der Waals surface area contributed by atoms with E-state index in [1.165, 1.54) is 0 Å². The van der Waals surface area contributed by atoms with Gasteiger partial charge >= 0.3 is 6.01 Å². The molecule has 2 N–H and O–H groups in total. The van der Waals surface area contributed by atoms with E-state index in [0.717, 1.165) is 11.4 Å². The van der Waals surface area contributed by atoms with E-state index in [-0.39, 0.29) is 0 Å². The van der Waals surface area contributed by atoms with Crippen LogP contribution in [0.25, 0.3) is 0 Å². The Labute approximate surface area is 117 Å². The zero-order chi connectivity index (χ0) is 14.0. The lowest BCUT2D eigenvalue weighted by Crippen LogP contribution is -2.01. The largest absolute Gasteiger partial charge is 0.422 e. The molecule has 100 valence electrons. The summed E-state index contributed by atoms with van der Waals surface area (Å²) in [5.41, 5.74) is 8.10. The first-order valence-corrected chi connectivity index (χ1v) is 6.42. The van der Waals surface area contributed by atoms with Crippen molar-refractivity contribution in [1.82, 2.24) is 9.97 Å². The number of nitrogen functional groups attached to an aromatic ring is 1. The van der Waals surface area contributed by atoms with E-state index in [2.05, 4.69) is 23.8 Å². The van der Waals surface area contributed by atoms with Crippen molar-refractivity contribution in [2.75, 3.05) is 5.73 Å². The predicted octanol–water partition coefficient (Wildman–Crippen LogP) is 3.94. The van der Waals surface area contributed by atoms with Crippen LogP contribution in [0.3, 0.4) is 0 Å². The molecule has 0 unspecified atom stereocenters. The predicted molar refractivity (Wildman–Crippen MR) is 76.8 cm³/mol. The summed E-state index contributed by atoms with van der Waals surface area (Å²) in [6, 6.07) is 7.31. The average Bonchev–Trinajstić information content (AvgIpc) is 2.32. The van der Waals surface area contributed by atoms with Crippen molar-refractivity contribution >= 4 is 17.3 Å². The lowest BCUT2D eigenvalue weighted by Gasteiger charge is -2.10. The van der Waals surface area contributed by atoms with Crippen LogP contribution in [0, 0.1) is 6.92 Å². The third-order valence-corrected chi connectivity index (χ3v) is 2.85. The van der Waals surface area contributed by atoms with E-state index >= 15 is 0 Å². The number of benzene rings is 1. The first kappa shape index (κ1) is 13.6. The Hall–Kier alpha value is -1.81. The summed E-state index contributed by atoms with van der Waals surface area (Å²) >= 11 is 5.85. The summed E-state index contributed by atoms with van der Waals surface area (Å²) in [5, 5.41) is 0.567. The number of anilines is 1. The first-order chi connectivity index (χ1) is 8.95. The Kier molecular flexibility index (Phi) is 3.90. The van der Waals surface area contributed by atoms with Crippen LogP contribution in [0.2, 0.25) is 5.02 Å². The number of nitrogens with two attached hydrogens (primary N) is 1. The molecule has 0 atom stereocenters. The monoisotopic (exact) mass is 277 g/mol. The highest BCUT2D eigenvalue weighted by molar-refractivity contribution is 6.30. The van der Waals surface area contributed by atoms with E-state index < -0.39 is 0 Å². The third kappa shape index (κ3) is 3.35. The number of aromatic nitrogens is 2. The van der Waals surface area contributed by atoms with Crippen molar-refractivity contribution in [1.29, 1.82) is 0 Å². The van der Waals surface area contributed by atoms with Crippen molar-refractivity contribution in [3.63, 3.8) is 0 Å². The molecular formula is C14H16ClN3O. The zero-order valence-corrected chi connectivity index (χ0v) is 11.9. The minimum absolute atomic E-state index is 0.303. The third-order valence-electron chi connectivity index (χ3n) is 2.62. The van der Waals surface area contributed by atoms with Crippen molar-refractivity contribution in [2.45, 2.75) is 26.7 Å². The molecule has 0 aliphatic carbocycles. The molecule has 0 amide bonds. The second kappa shape index (κ2) is 5.45. The summed E-state index contributed by atoms with van der Waals surface area (Å²) in [7, 11) is 0. The lowest BCUT2D eigenvalue weighted by atomic mass is 10.1. The fraction of sp³-hybridized carbons (Fsp3) is 0.286. The fourth-order valence-electron chi connectivity index (χ4n) is 1.62. The van der Waals surface area contributed by atoms with Crippen LogP contribution in [0.4, 0.5) is 5.69 Å². The maximum absolute atomic E-state index is 5.85. The number of hydrogen-bond acceptors (Lipinski definition) is 4. The molecule has 5 heteroatoms. The number of rotatable bonds is 3.